The lowest BCUT2D eigenvalue weighted by molar-refractivity contribution is 1.14. The third-order valence-electron chi connectivity index (χ3n) is 3.14. The Morgan fingerprint density at radius 2 is 1.95 bits per heavy atom. The van der Waals surface area contributed by atoms with Crippen molar-refractivity contribution in [2.75, 3.05) is 5.32 Å². The summed E-state index contributed by atoms with van der Waals surface area (Å²) in [6.07, 6.45) is 1.83. The van der Waals surface area contributed by atoms with Crippen molar-refractivity contribution in [3.8, 4) is 6.07 Å². The third-order valence-corrected chi connectivity index (χ3v) is 3.14. The van der Waals surface area contributed by atoms with Gasteiger partial charge in [-0.3, -0.25) is 4.98 Å². The first-order valence-corrected chi connectivity index (χ1v) is 6.43. The normalized spacial score (nSPS) is 10.2. The van der Waals surface area contributed by atoms with Gasteiger partial charge in [0.2, 0.25) is 0 Å². The number of para-hydroxylation sites is 1. The number of hydrogen-bond donors (Lipinski definition) is 1. The fraction of sp³-hybridized carbons (Fsp3) is 0.0588. The summed E-state index contributed by atoms with van der Waals surface area (Å²) < 4.78 is 0. The number of hydrogen-bond acceptors (Lipinski definition) is 3. The molecule has 1 heterocycles. The second-order valence-corrected chi connectivity index (χ2v) is 4.58. The molecule has 1 N–H and O–H groups in total. The minimum Gasteiger partial charge on any atom is -0.380 e. The molecule has 3 nitrogen and oxygen atoms in total. The van der Waals surface area contributed by atoms with E-state index in [-0.39, 0.29) is 0 Å². The molecule has 0 spiro atoms. The molecule has 0 saturated carbocycles. The Hall–Kier alpha value is -2.86. The van der Waals surface area contributed by atoms with Gasteiger partial charge < -0.3 is 5.32 Å². The molecule has 0 saturated heterocycles. The van der Waals surface area contributed by atoms with Crippen LogP contribution in [0.15, 0.2) is 60.8 Å². The van der Waals surface area contributed by atoms with Crippen LogP contribution in [0.5, 0.6) is 0 Å². The Bertz CT molecular complexity index is 787. The standard InChI is InChI=1S/C17H13N3/c18-10-13-4-3-5-14(8-13)11-19-16-9-15-6-1-2-7-17(15)20-12-16/h1-9,12,19H,11H2. The molecule has 0 aliphatic rings. The van der Waals surface area contributed by atoms with Crippen LogP contribution in [-0.4, -0.2) is 4.98 Å². The number of pyridine rings is 1. The van der Waals surface area contributed by atoms with Gasteiger partial charge in [0, 0.05) is 11.9 Å². The van der Waals surface area contributed by atoms with Gasteiger partial charge in [-0.1, -0.05) is 30.3 Å². The van der Waals surface area contributed by atoms with E-state index in [0.717, 1.165) is 22.2 Å². The van der Waals surface area contributed by atoms with Gasteiger partial charge in [0.25, 0.3) is 0 Å². The van der Waals surface area contributed by atoms with E-state index in [0.29, 0.717) is 12.1 Å². The number of nitrogens with zero attached hydrogens (tertiary/aromatic N) is 2. The largest absolute Gasteiger partial charge is 0.380 e. The van der Waals surface area contributed by atoms with E-state index in [1.807, 2.05) is 48.7 Å². The highest BCUT2D eigenvalue weighted by Crippen LogP contribution is 2.16. The number of nitriles is 1. The zero-order chi connectivity index (χ0) is 13.8. The van der Waals surface area contributed by atoms with Crippen molar-refractivity contribution in [2.45, 2.75) is 6.54 Å². The second-order valence-electron chi connectivity index (χ2n) is 4.58. The van der Waals surface area contributed by atoms with Crippen LogP contribution in [0.2, 0.25) is 0 Å². The first-order valence-electron chi connectivity index (χ1n) is 6.43. The van der Waals surface area contributed by atoms with Gasteiger partial charge in [-0.05, 0) is 29.8 Å². The highest BCUT2D eigenvalue weighted by atomic mass is 14.9. The average molecular weight is 259 g/mol. The van der Waals surface area contributed by atoms with Crippen molar-refractivity contribution in [3.05, 3.63) is 71.9 Å². The van der Waals surface area contributed by atoms with Crippen LogP contribution in [0.1, 0.15) is 11.1 Å². The molecule has 1 aromatic heterocycles. The van der Waals surface area contributed by atoms with Crippen molar-refractivity contribution >= 4 is 16.6 Å². The van der Waals surface area contributed by atoms with Gasteiger partial charge in [0.05, 0.1) is 29.0 Å². The van der Waals surface area contributed by atoms with Crippen LogP contribution in [0, 0.1) is 11.3 Å². The Kier molecular flexibility index (Phi) is 3.30. The van der Waals surface area contributed by atoms with E-state index in [1.165, 1.54) is 0 Å². The van der Waals surface area contributed by atoms with Gasteiger partial charge in [0.1, 0.15) is 0 Å². The minimum absolute atomic E-state index is 0.676. The maximum atomic E-state index is 8.89. The Morgan fingerprint density at radius 1 is 1.05 bits per heavy atom. The number of nitrogens with one attached hydrogen (secondary N) is 1. The summed E-state index contributed by atoms with van der Waals surface area (Å²) in [5.74, 6) is 0. The monoisotopic (exact) mass is 259 g/mol. The molecule has 3 aromatic rings. The average Bonchev–Trinajstić information content (AvgIpc) is 2.53. The first kappa shape index (κ1) is 12.2. The number of rotatable bonds is 3. The van der Waals surface area contributed by atoms with Gasteiger partial charge >= 0.3 is 0 Å². The lowest BCUT2D eigenvalue weighted by Gasteiger charge is -2.07. The summed E-state index contributed by atoms with van der Waals surface area (Å²) in [6.45, 7) is 0.676. The fourth-order valence-corrected chi connectivity index (χ4v) is 2.12. The van der Waals surface area contributed by atoms with E-state index in [9.17, 15) is 0 Å². The lowest BCUT2D eigenvalue weighted by atomic mass is 10.1. The van der Waals surface area contributed by atoms with Gasteiger partial charge in [-0.2, -0.15) is 5.26 Å². The maximum absolute atomic E-state index is 8.89. The van der Waals surface area contributed by atoms with Crippen LogP contribution < -0.4 is 5.32 Å². The second kappa shape index (κ2) is 5.41. The minimum atomic E-state index is 0.676. The molecule has 3 heteroatoms. The smallest absolute Gasteiger partial charge is 0.0991 e. The summed E-state index contributed by atoms with van der Waals surface area (Å²) in [4.78, 5) is 4.41. The van der Waals surface area contributed by atoms with Crippen LogP contribution in [0.25, 0.3) is 10.9 Å². The summed E-state index contributed by atoms with van der Waals surface area (Å²) >= 11 is 0. The third kappa shape index (κ3) is 2.60. The van der Waals surface area contributed by atoms with E-state index in [2.05, 4.69) is 22.4 Å². The van der Waals surface area contributed by atoms with E-state index in [4.69, 9.17) is 5.26 Å². The van der Waals surface area contributed by atoms with Crippen molar-refractivity contribution in [2.24, 2.45) is 0 Å². The lowest BCUT2D eigenvalue weighted by Crippen LogP contribution is -2.00. The molecule has 0 unspecified atom stereocenters. The topological polar surface area (TPSA) is 48.7 Å². The predicted octanol–water partition coefficient (Wildman–Crippen LogP) is 3.72. The van der Waals surface area contributed by atoms with Crippen molar-refractivity contribution in [1.82, 2.24) is 4.98 Å². The Morgan fingerprint density at radius 3 is 2.85 bits per heavy atom. The molecule has 20 heavy (non-hydrogen) atoms. The summed E-state index contributed by atoms with van der Waals surface area (Å²) in [6, 6.07) is 19.9. The molecule has 0 bridgehead atoms. The number of benzene rings is 2. The Labute approximate surface area is 117 Å². The molecule has 0 amide bonds. The summed E-state index contributed by atoms with van der Waals surface area (Å²) in [5.41, 5.74) is 3.73. The molecule has 2 aromatic carbocycles. The fourth-order valence-electron chi connectivity index (χ4n) is 2.12. The van der Waals surface area contributed by atoms with Gasteiger partial charge in [-0.25, -0.2) is 0 Å². The van der Waals surface area contributed by atoms with Crippen molar-refractivity contribution in [1.29, 1.82) is 5.26 Å². The number of aromatic nitrogens is 1. The molecule has 3 rings (SSSR count). The zero-order valence-electron chi connectivity index (χ0n) is 10.9. The molecule has 0 fully saturated rings. The SMILES string of the molecule is N#Cc1cccc(CNc2cnc3ccccc3c2)c1. The molecule has 0 atom stereocenters. The van der Waals surface area contributed by atoms with Crippen LogP contribution in [0.4, 0.5) is 5.69 Å². The first-order chi connectivity index (χ1) is 9.85. The molecule has 96 valence electrons. The molecular weight excluding hydrogens is 246 g/mol. The number of fused-ring (bicyclic) bond motifs is 1. The van der Waals surface area contributed by atoms with Crippen molar-refractivity contribution < 1.29 is 0 Å². The Balaban J connectivity index is 1.78. The van der Waals surface area contributed by atoms with E-state index < -0.39 is 0 Å². The molecule has 0 radical (unpaired) electrons. The van der Waals surface area contributed by atoms with E-state index in [1.54, 1.807) is 6.07 Å². The molecule has 0 aliphatic carbocycles. The predicted molar refractivity (Wildman–Crippen MR) is 80.2 cm³/mol. The van der Waals surface area contributed by atoms with E-state index >= 15 is 0 Å². The van der Waals surface area contributed by atoms with Gasteiger partial charge in [0.15, 0.2) is 0 Å². The quantitative estimate of drug-likeness (QED) is 0.779. The van der Waals surface area contributed by atoms with Crippen LogP contribution in [-0.2, 0) is 6.54 Å². The molecular formula is C17H13N3. The van der Waals surface area contributed by atoms with Crippen LogP contribution in [0.3, 0.4) is 0 Å². The molecule has 0 aliphatic heterocycles. The zero-order valence-corrected chi connectivity index (χ0v) is 10.9. The van der Waals surface area contributed by atoms with Crippen LogP contribution >= 0.6 is 0 Å². The summed E-state index contributed by atoms with van der Waals surface area (Å²) in [7, 11) is 0. The van der Waals surface area contributed by atoms with Gasteiger partial charge in [-0.15, -0.1) is 0 Å². The number of anilines is 1. The highest BCUT2D eigenvalue weighted by Gasteiger charge is 1.98. The highest BCUT2D eigenvalue weighted by molar-refractivity contribution is 5.81. The summed E-state index contributed by atoms with van der Waals surface area (Å²) in [5, 5.41) is 13.3. The maximum Gasteiger partial charge on any atom is 0.0991 e. The van der Waals surface area contributed by atoms with Crippen molar-refractivity contribution in [3.63, 3.8) is 0 Å².